The molecule has 6 nitrogen and oxygen atoms in total. The van der Waals surface area contributed by atoms with E-state index in [9.17, 15) is 9.59 Å². The summed E-state index contributed by atoms with van der Waals surface area (Å²) in [6.07, 6.45) is 2.72. The van der Waals surface area contributed by atoms with E-state index in [1.54, 1.807) is 12.1 Å². The zero-order valence-corrected chi connectivity index (χ0v) is 19.4. The molecule has 0 aliphatic heterocycles. The first-order chi connectivity index (χ1) is 14.9. The van der Waals surface area contributed by atoms with Crippen LogP contribution in [0.15, 0.2) is 77.2 Å². The maximum absolute atomic E-state index is 12.1. The number of carbonyl (C=O) groups is 2. The molecule has 0 bridgehead atoms. The number of amides is 1. The number of ether oxygens (including phenoxy) is 1. The van der Waals surface area contributed by atoms with Gasteiger partial charge in [0.15, 0.2) is 10.4 Å². The van der Waals surface area contributed by atoms with E-state index in [0.29, 0.717) is 11.4 Å². The van der Waals surface area contributed by atoms with Crippen molar-refractivity contribution in [3.8, 4) is 0 Å². The first-order valence-corrected chi connectivity index (χ1v) is 10.8. The minimum atomic E-state index is -0.618. The van der Waals surface area contributed by atoms with E-state index in [2.05, 4.69) is 36.2 Å². The quantitative estimate of drug-likeness (QED) is 0.233. The van der Waals surface area contributed by atoms with Crippen LogP contribution in [0.5, 0.6) is 0 Å². The third kappa shape index (κ3) is 6.71. The van der Waals surface area contributed by atoms with Gasteiger partial charge < -0.3 is 19.4 Å². The van der Waals surface area contributed by atoms with Crippen LogP contribution in [0.4, 0.5) is 17.1 Å². The highest BCUT2D eigenvalue weighted by Gasteiger charge is 2.13. The molecule has 0 spiro atoms. The van der Waals surface area contributed by atoms with Gasteiger partial charge in [-0.25, -0.2) is 4.79 Å². The van der Waals surface area contributed by atoms with E-state index in [1.807, 2.05) is 65.1 Å². The van der Waals surface area contributed by atoms with Crippen molar-refractivity contribution >= 4 is 57.6 Å². The third-order valence-electron chi connectivity index (χ3n) is 4.30. The van der Waals surface area contributed by atoms with Crippen molar-refractivity contribution in [2.24, 2.45) is 0 Å². The molecule has 160 valence electrons. The molecule has 0 atom stereocenters. The number of benzene rings is 2. The van der Waals surface area contributed by atoms with Gasteiger partial charge in [-0.2, -0.15) is 0 Å². The van der Waals surface area contributed by atoms with E-state index in [-0.39, 0.29) is 12.6 Å². The summed E-state index contributed by atoms with van der Waals surface area (Å²) in [5.41, 5.74) is 2.74. The van der Waals surface area contributed by atoms with E-state index >= 15 is 0 Å². The van der Waals surface area contributed by atoms with E-state index < -0.39 is 11.9 Å². The Morgan fingerprint density at radius 3 is 2.32 bits per heavy atom. The van der Waals surface area contributed by atoms with Gasteiger partial charge in [0.05, 0.1) is 0 Å². The van der Waals surface area contributed by atoms with Gasteiger partial charge in [-0.15, -0.1) is 0 Å². The molecule has 1 amide bonds. The highest BCUT2D eigenvalue weighted by Crippen LogP contribution is 2.28. The van der Waals surface area contributed by atoms with Crippen LogP contribution in [0.25, 0.3) is 6.08 Å². The third-order valence-corrected chi connectivity index (χ3v) is 4.88. The summed E-state index contributed by atoms with van der Waals surface area (Å²) in [7, 11) is 0. The highest BCUT2D eigenvalue weighted by atomic mass is 127. The van der Waals surface area contributed by atoms with Crippen LogP contribution < -0.4 is 10.2 Å². The van der Waals surface area contributed by atoms with Crippen LogP contribution in [-0.4, -0.2) is 24.5 Å². The Kier molecular flexibility index (Phi) is 7.88. The minimum absolute atomic E-state index is 0.264. The van der Waals surface area contributed by atoms with Crippen LogP contribution in [-0.2, 0) is 14.3 Å². The molecule has 7 heteroatoms. The Labute approximate surface area is 195 Å². The fourth-order valence-electron chi connectivity index (χ4n) is 2.99. The number of hydrogen-bond donors (Lipinski definition) is 1. The highest BCUT2D eigenvalue weighted by molar-refractivity contribution is 14.1. The molecule has 1 aromatic heterocycles. The fourth-order valence-corrected chi connectivity index (χ4v) is 3.42. The van der Waals surface area contributed by atoms with Gasteiger partial charge >= 0.3 is 5.97 Å². The van der Waals surface area contributed by atoms with E-state index in [4.69, 9.17) is 9.15 Å². The second-order valence-corrected chi connectivity index (χ2v) is 8.04. The predicted molar refractivity (Wildman–Crippen MR) is 130 cm³/mol. The molecule has 0 aliphatic carbocycles. The Morgan fingerprint density at radius 1 is 1.03 bits per heavy atom. The SMILES string of the molecule is CC(C)N(c1ccccc1)c1ccc(NC(=O)COC(=O)/C=C/c2ccc(I)o2)cc1. The second-order valence-electron chi connectivity index (χ2n) is 6.98. The summed E-state index contributed by atoms with van der Waals surface area (Å²) < 4.78 is 11.0. The maximum atomic E-state index is 12.1. The molecule has 0 saturated heterocycles. The topological polar surface area (TPSA) is 71.8 Å². The van der Waals surface area contributed by atoms with Crippen molar-refractivity contribution in [2.75, 3.05) is 16.8 Å². The molecule has 1 N–H and O–H groups in total. The van der Waals surface area contributed by atoms with Crippen molar-refractivity contribution in [3.63, 3.8) is 0 Å². The number of esters is 1. The Bertz CT molecular complexity index is 1040. The molecule has 31 heavy (non-hydrogen) atoms. The van der Waals surface area contributed by atoms with Gasteiger partial charge in [-0.1, -0.05) is 18.2 Å². The average molecular weight is 530 g/mol. The summed E-state index contributed by atoms with van der Waals surface area (Å²) in [5, 5.41) is 2.73. The standard InChI is InChI=1S/C24H23IN2O4/c1-17(2)27(19-6-4-3-5-7-19)20-10-8-18(9-11-20)26-23(28)16-30-24(29)15-13-21-12-14-22(25)31-21/h3-15,17H,16H2,1-2H3,(H,26,28)/b15-13+. The number of para-hydroxylation sites is 1. The van der Waals surface area contributed by atoms with Gasteiger partial charge in [0, 0.05) is 29.2 Å². The lowest BCUT2D eigenvalue weighted by Crippen LogP contribution is -2.25. The lowest BCUT2D eigenvalue weighted by molar-refractivity contribution is -0.142. The van der Waals surface area contributed by atoms with Gasteiger partial charge in [-0.3, -0.25) is 4.79 Å². The van der Waals surface area contributed by atoms with Crippen LogP contribution in [0.2, 0.25) is 0 Å². The van der Waals surface area contributed by atoms with Gasteiger partial charge in [0.1, 0.15) is 5.76 Å². The zero-order valence-electron chi connectivity index (χ0n) is 17.2. The van der Waals surface area contributed by atoms with Crippen molar-refractivity contribution < 1.29 is 18.7 Å². The first kappa shape index (κ1) is 22.6. The molecule has 3 aromatic rings. The average Bonchev–Trinajstić information content (AvgIpc) is 3.18. The summed E-state index contributed by atoms with van der Waals surface area (Å²) >= 11 is 2.03. The summed E-state index contributed by atoms with van der Waals surface area (Å²) in [6, 6.07) is 21.4. The van der Waals surface area contributed by atoms with Crippen LogP contribution >= 0.6 is 22.6 Å². The molecular formula is C24H23IN2O4. The Balaban J connectivity index is 1.53. The van der Waals surface area contributed by atoms with Crippen molar-refractivity contribution in [3.05, 3.63) is 82.3 Å². The molecule has 0 aliphatic rings. The number of rotatable bonds is 8. The van der Waals surface area contributed by atoms with Crippen LogP contribution in [0.1, 0.15) is 19.6 Å². The van der Waals surface area contributed by atoms with Crippen molar-refractivity contribution in [1.29, 1.82) is 0 Å². The van der Waals surface area contributed by atoms with Gasteiger partial charge in [0.25, 0.3) is 5.91 Å². The maximum Gasteiger partial charge on any atom is 0.331 e. The molecule has 2 aromatic carbocycles. The number of nitrogens with zero attached hydrogens (tertiary/aromatic N) is 1. The molecule has 0 saturated carbocycles. The van der Waals surface area contributed by atoms with E-state index in [1.165, 1.54) is 12.2 Å². The van der Waals surface area contributed by atoms with Gasteiger partial charge in [-0.05, 0) is 91.0 Å². The number of furan rings is 1. The van der Waals surface area contributed by atoms with E-state index in [0.717, 1.165) is 15.1 Å². The first-order valence-electron chi connectivity index (χ1n) is 9.77. The number of anilines is 3. The summed E-state index contributed by atoms with van der Waals surface area (Å²) in [4.78, 5) is 26.1. The molecule has 0 fully saturated rings. The summed E-state index contributed by atoms with van der Waals surface area (Å²) in [5.74, 6) is -0.491. The fraction of sp³-hybridized carbons (Fsp3) is 0.167. The number of hydrogen-bond acceptors (Lipinski definition) is 5. The summed E-state index contributed by atoms with van der Waals surface area (Å²) in [6.45, 7) is 3.87. The molecular weight excluding hydrogens is 507 g/mol. The number of halogens is 1. The number of nitrogens with one attached hydrogen (secondary N) is 1. The largest absolute Gasteiger partial charge is 0.452 e. The lowest BCUT2D eigenvalue weighted by atomic mass is 10.2. The normalized spacial score (nSPS) is 11.0. The van der Waals surface area contributed by atoms with Crippen molar-refractivity contribution in [1.82, 2.24) is 0 Å². The molecule has 0 unspecified atom stereocenters. The Hall–Kier alpha value is -3.07. The van der Waals surface area contributed by atoms with Gasteiger partial charge in [0.2, 0.25) is 0 Å². The zero-order chi connectivity index (χ0) is 22.2. The second kappa shape index (κ2) is 10.8. The number of carbonyl (C=O) groups excluding carboxylic acids is 2. The Morgan fingerprint density at radius 2 is 1.71 bits per heavy atom. The van der Waals surface area contributed by atoms with Crippen molar-refractivity contribution in [2.45, 2.75) is 19.9 Å². The van der Waals surface area contributed by atoms with Crippen LogP contribution in [0, 0.1) is 3.77 Å². The predicted octanol–water partition coefficient (Wildman–Crippen LogP) is 5.63. The smallest absolute Gasteiger partial charge is 0.331 e. The lowest BCUT2D eigenvalue weighted by Gasteiger charge is -2.29. The minimum Gasteiger partial charge on any atom is -0.452 e. The van der Waals surface area contributed by atoms with Crippen LogP contribution in [0.3, 0.4) is 0 Å². The molecule has 1 heterocycles. The monoisotopic (exact) mass is 530 g/mol. The molecule has 3 rings (SSSR count). The molecule has 0 radical (unpaired) electrons.